The first-order chi connectivity index (χ1) is 17.8. The Bertz CT molecular complexity index is 1330. The number of hydrogen-bond donors (Lipinski definition) is 3. The number of carboxylic acid groups (broad SMARTS) is 1. The molecule has 0 aliphatic carbocycles. The Labute approximate surface area is 249 Å². The van der Waals surface area contributed by atoms with Crippen molar-refractivity contribution in [2.45, 2.75) is 15.0 Å². The molecule has 198 valence electrons. The zero-order valence-electron chi connectivity index (χ0n) is 19.3. The van der Waals surface area contributed by atoms with Gasteiger partial charge >= 0.3 is 5.97 Å². The molecular formula is C28H20Cl6O4. The lowest BCUT2D eigenvalue weighted by Crippen LogP contribution is -2.41. The summed E-state index contributed by atoms with van der Waals surface area (Å²) in [6.45, 7) is 0. The van der Waals surface area contributed by atoms with Crippen LogP contribution >= 0.6 is 69.6 Å². The molecule has 0 bridgehead atoms. The second-order valence-electron chi connectivity index (χ2n) is 8.08. The van der Waals surface area contributed by atoms with Crippen LogP contribution in [0.2, 0.25) is 15.1 Å². The maximum atomic E-state index is 11.5. The fourth-order valence-electron chi connectivity index (χ4n) is 3.70. The first-order valence-electron chi connectivity index (χ1n) is 10.9. The molecule has 0 aliphatic rings. The van der Waals surface area contributed by atoms with Crippen molar-refractivity contribution in [3.8, 4) is 0 Å². The number of alkyl halides is 3. The molecule has 3 N–H and O–H groups in total. The molecule has 0 saturated carbocycles. The quantitative estimate of drug-likeness (QED) is 0.194. The summed E-state index contributed by atoms with van der Waals surface area (Å²) in [7, 11) is 0. The summed E-state index contributed by atoms with van der Waals surface area (Å²) < 4.78 is -1.96. The molecule has 1 unspecified atom stereocenters. The predicted octanol–water partition coefficient (Wildman–Crippen LogP) is 8.26. The highest BCUT2D eigenvalue weighted by atomic mass is 35.6. The monoisotopic (exact) mass is 630 g/mol. The van der Waals surface area contributed by atoms with E-state index in [-0.39, 0.29) is 16.1 Å². The number of carbonyl (C=O) groups is 1. The molecule has 0 saturated heterocycles. The third-order valence-electron chi connectivity index (χ3n) is 5.70. The standard InChI is InChI=1S/C14H9Cl5O.C14H11ClO3/c15-11-5-1-9(2-6-11)13(20,14(17,18)19)10-3-7-12(16)8-4-10;15-12-9-5-4-8-11(12)14(18,13(16)17)10-6-2-1-3-7-10/h1-8,20H;1-9,18H,(H,16,17). The van der Waals surface area contributed by atoms with E-state index in [0.717, 1.165) is 0 Å². The second-order valence-corrected chi connectivity index (χ2v) is 11.6. The van der Waals surface area contributed by atoms with Crippen molar-refractivity contribution in [3.05, 3.63) is 140 Å². The van der Waals surface area contributed by atoms with Crippen molar-refractivity contribution in [1.29, 1.82) is 0 Å². The second kappa shape index (κ2) is 12.5. The lowest BCUT2D eigenvalue weighted by atomic mass is 9.86. The van der Waals surface area contributed by atoms with Gasteiger partial charge in [0.1, 0.15) is 0 Å². The number of aliphatic hydroxyl groups is 2. The fraction of sp³-hybridized carbons (Fsp3) is 0.107. The summed E-state index contributed by atoms with van der Waals surface area (Å²) in [5.41, 5.74) is -2.68. The number of aliphatic carboxylic acids is 1. The highest BCUT2D eigenvalue weighted by Crippen LogP contribution is 2.49. The van der Waals surface area contributed by atoms with Crippen molar-refractivity contribution in [3.63, 3.8) is 0 Å². The van der Waals surface area contributed by atoms with Gasteiger partial charge in [-0.3, -0.25) is 0 Å². The predicted molar refractivity (Wildman–Crippen MR) is 155 cm³/mol. The van der Waals surface area contributed by atoms with Gasteiger partial charge in [0.25, 0.3) is 0 Å². The van der Waals surface area contributed by atoms with E-state index in [4.69, 9.17) is 69.6 Å². The van der Waals surface area contributed by atoms with Crippen LogP contribution in [0.15, 0.2) is 103 Å². The molecule has 38 heavy (non-hydrogen) atoms. The van der Waals surface area contributed by atoms with Crippen LogP contribution in [-0.2, 0) is 16.0 Å². The third kappa shape index (κ3) is 6.41. The van der Waals surface area contributed by atoms with Crippen LogP contribution in [0.1, 0.15) is 22.3 Å². The van der Waals surface area contributed by atoms with Crippen LogP contribution in [0.5, 0.6) is 0 Å². The number of halogens is 6. The van der Waals surface area contributed by atoms with E-state index in [9.17, 15) is 20.1 Å². The van der Waals surface area contributed by atoms with E-state index in [1.54, 1.807) is 97.1 Å². The van der Waals surface area contributed by atoms with Crippen LogP contribution in [-0.4, -0.2) is 25.1 Å². The van der Waals surface area contributed by atoms with Gasteiger partial charge in [-0.2, -0.15) is 0 Å². The van der Waals surface area contributed by atoms with Crippen molar-refractivity contribution in [2.24, 2.45) is 0 Å². The molecule has 1 atom stereocenters. The summed E-state index contributed by atoms with van der Waals surface area (Å²) in [5.74, 6) is -1.36. The third-order valence-corrected chi connectivity index (χ3v) is 7.35. The highest BCUT2D eigenvalue weighted by molar-refractivity contribution is 6.68. The molecule has 4 nitrogen and oxygen atoms in total. The molecule has 0 fully saturated rings. The highest BCUT2D eigenvalue weighted by Gasteiger charge is 2.50. The van der Waals surface area contributed by atoms with Crippen molar-refractivity contribution in [1.82, 2.24) is 0 Å². The van der Waals surface area contributed by atoms with Gasteiger partial charge in [-0.15, -0.1) is 0 Å². The van der Waals surface area contributed by atoms with Crippen LogP contribution in [0.3, 0.4) is 0 Å². The van der Waals surface area contributed by atoms with Crippen LogP contribution < -0.4 is 0 Å². The van der Waals surface area contributed by atoms with E-state index >= 15 is 0 Å². The van der Waals surface area contributed by atoms with E-state index in [2.05, 4.69) is 0 Å². The average molecular weight is 633 g/mol. The molecule has 4 aromatic rings. The summed E-state index contributed by atoms with van der Waals surface area (Å²) in [6, 6.07) is 27.5. The first-order valence-corrected chi connectivity index (χ1v) is 13.2. The molecule has 0 aromatic heterocycles. The van der Waals surface area contributed by atoms with Gasteiger partial charge in [-0.25, -0.2) is 4.79 Å². The summed E-state index contributed by atoms with van der Waals surface area (Å²) in [6.07, 6.45) is 0. The van der Waals surface area contributed by atoms with Crippen LogP contribution in [0.25, 0.3) is 0 Å². The molecule has 0 heterocycles. The van der Waals surface area contributed by atoms with Crippen molar-refractivity contribution >= 4 is 75.6 Å². The van der Waals surface area contributed by atoms with Gasteiger partial charge in [-0.05, 0) is 47.0 Å². The van der Waals surface area contributed by atoms with Crippen molar-refractivity contribution < 1.29 is 20.1 Å². The molecule has 4 rings (SSSR count). The lowest BCUT2D eigenvalue weighted by Gasteiger charge is -2.35. The van der Waals surface area contributed by atoms with E-state index in [1.807, 2.05) is 0 Å². The normalized spacial score (nSPS) is 13.2. The number of hydrogen-bond acceptors (Lipinski definition) is 3. The Balaban J connectivity index is 0.000000212. The van der Waals surface area contributed by atoms with Crippen LogP contribution in [0.4, 0.5) is 0 Å². The molecule has 0 aliphatic heterocycles. The molecular weight excluding hydrogens is 613 g/mol. The van der Waals surface area contributed by atoms with E-state index in [1.165, 1.54) is 6.07 Å². The minimum absolute atomic E-state index is 0.158. The summed E-state index contributed by atoms with van der Waals surface area (Å²) >= 11 is 35.7. The summed E-state index contributed by atoms with van der Waals surface area (Å²) in [4.78, 5) is 11.5. The van der Waals surface area contributed by atoms with Crippen molar-refractivity contribution in [2.75, 3.05) is 0 Å². The van der Waals surface area contributed by atoms with E-state index < -0.39 is 21.0 Å². The van der Waals surface area contributed by atoms with Gasteiger partial charge in [0.15, 0.2) is 5.60 Å². The number of rotatable bonds is 5. The smallest absolute Gasteiger partial charge is 0.345 e. The Morgan fingerprint density at radius 2 is 1.00 bits per heavy atom. The Morgan fingerprint density at radius 3 is 1.39 bits per heavy atom. The lowest BCUT2D eigenvalue weighted by molar-refractivity contribution is -0.155. The first kappa shape index (κ1) is 30.6. The van der Waals surface area contributed by atoms with Gasteiger partial charge in [0, 0.05) is 20.6 Å². The zero-order valence-corrected chi connectivity index (χ0v) is 23.9. The number of benzene rings is 4. The molecule has 0 spiro atoms. The fourth-order valence-corrected chi connectivity index (χ4v) is 4.88. The Morgan fingerprint density at radius 1 is 0.579 bits per heavy atom. The maximum Gasteiger partial charge on any atom is 0.345 e. The molecule has 4 aromatic carbocycles. The SMILES string of the molecule is O=C(O)C(O)(c1ccccc1)c1ccccc1Cl.OC(c1ccc(Cl)cc1)(c1ccc(Cl)cc1)C(Cl)(Cl)Cl. The number of carboxylic acids is 1. The van der Waals surface area contributed by atoms with Crippen LogP contribution in [0, 0.1) is 0 Å². The Kier molecular flexibility index (Phi) is 10.0. The topological polar surface area (TPSA) is 77.8 Å². The average Bonchev–Trinajstić information content (AvgIpc) is 2.89. The molecule has 0 radical (unpaired) electrons. The maximum absolute atomic E-state index is 11.5. The van der Waals surface area contributed by atoms with Gasteiger partial charge in [0.2, 0.25) is 9.39 Å². The minimum atomic E-state index is -2.14. The zero-order chi connectivity index (χ0) is 28.1. The largest absolute Gasteiger partial charge is 0.479 e. The van der Waals surface area contributed by atoms with Gasteiger partial charge in [-0.1, -0.05) is 142 Å². The Hall–Kier alpha value is -1.99. The molecule has 0 amide bonds. The molecule has 10 heteroatoms. The van der Waals surface area contributed by atoms with Gasteiger partial charge in [0.05, 0.1) is 0 Å². The van der Waals surface area contributed by atoms with Gasteiger partial charge < -0.3 is 15.3 Å². The minimum Gasteiger partial charge on any atom is -0.479 e. The van der Waals surface area contributed by atoms with E-state index in [0.29, 0.717) is 21.2 Å². The summed E-state index contributed by atoms with van der Waals surface area (Å²) in [5, 5.41) is 32.1.